The Balaban J connectivity index is 2.01. The molecule has 19 heavy (non-hydrogen) atoms. The Bertz CT molecular complexity index is 464. The van der Waals surface area contributed by atoms with E-state index in [-0.39, 0.29) is 17.0 Å². The molecule has 1 N–H and O–H groups in total. The van der Waals surface area contributed by atoms with Gasteiger partial charge in [0, 0.05) is 13.7 Å². The van der Waals surface area contributed by atoms with Crippen LogP contribution < -0.4 is 5.32 Å². The molecule has 1 fully saturated rings. The predicted octanol–water partition coefficient (Wildman–Crippen LogP) is 2.79. The molecular weight excluding hydrogens is 248 g/mol. The van der Waals surface area contributed by atoms with E-state index < -0.39 is 0 Å². The lowest BCUT2D eigenvalue weighted by Crippen LogP contribution is -2.24. The number of hydrogen-bond donors (Lipinski definition) is 1. The Labute approximate surface area is 113 Å². The van der Waals surface area contributed by atoms with Gasteiger partial charge in [-0.05, 0) is 54.5 Å². The third kappa shape index (κ3) is 2.95. The van der Waals surface area contributed by atoms with Crippen LogP contribution in [0.3, 0.4) is 0 Å². The Morgan fingerprint density at radius 1 is 1.37 bits per heavy atom. The van der Waals surface area contributed by atoms with Crippen molar-refractivity contribution in [1.82, 2.24) is 5.32 Å². The fourth-order valence-corrected chi connectivity index (χ4v) is 2.61. The van der Waals surface area contributed by atoms with Gasteiger partial charge in [0.05, 0.1) is 6.61 Å². The first kappa shape index (κ1) is 14.4. The van der Waals surface area contributed by atoms with Gasteiger partial charge in [0.15, 0.2) is 0 Å². The van der Waals surface area contributed by atoms with Gasteiger partial charge >= 0.3 is 0 Å². The zero-order valence-corrected chi connectivity index (χ0v) is 11.7. The molecular formula is C15H21F2NO. The zero-order valence-electron chi connectivity index (χ0n) is 11.7. The van der Waals surface area contributed by atoms with E-state index in [2.05, 4.69) is 5.32 Å². The first-order valence-electron chi connectivity index (χ1n) is 6.65. The van der Waals surface area contributed by atoms with Crippen molar-refractivity contribution < 1.29 is 13.5 Å². The summed E-state index contributed by atoms with van der Waals surface area (Å²) in [6, 6.07) is 2.66. The summed E-state index contributed by atoms with van der Waals surface area (Å²) in [5, 5.41) is 3.28. The highest BCUT2D eigenvalue weighted by Crippen LogP contribution is 2.54. The molecule has 4 heteroatoms. The molecule has 1 aromatic carbocycles. The van der Waals surface area contributed by atoms with Gasteiger partial charge in [0.1, 0.15) is 11.6 Å². The van der Waals surface area contributed by atoms with Crippen LogP contribution in [0.4, 0.5) is 8.78 Å². The summed E-state index contributed by atoms with van der Waals surface area (Å²) in [6.07, 6.45) is 0.895. The molecule has 2 atom stereocenters. The van der Waals surface area contributed by atoms with Crippen LogP contribution in [-0.4, -0.2) is 26.8 Å². The van der Waals surface area contributed by atoms with E-state index in [4.69, 9.17) is 4.74 Å². The van der Waals surface area contributed by atoms with E-state index in [1.54, 1.807) is 14.0 Å². The highest BCUT2D eigenvalue weighted by Gasteiger charge is 2.52. The minimum Gasteiger partial charge on any atom is -0.383 e. The van der Waals surface area contributed by atoms with E-state index in [0.717, 1.165) is 19.5 Å². The standard InChI is InChI=1S/C15H21F2NO/c1-10-6-14(17)12(7-13(10)16)15(2)8-11(15)9-18-4-5-19-3/h6-7,11,18H,4-5,8-9H2,1-3H3. The van der Waals surface area contributed by atoms with Gasteiger partial charge < -0.3 is 10.1 Å². The summed E-state index contributed by atoms with van der Waals surface area (Å²) in [6.45, 7) is 5.85. The van der Waals surface area contributed by atoms with Gasteiger partial charge in [0.2, 0.25) is 0 Å². The van der Waals surface area contributed by atoms with Crippen LogP contribution >= 0.6 is 0 Å². The number of benzene rings is 1. The maximum Gasteiger partial charge on any atom is 0.127 e. The second kappa shape index (κ2) is 5.55. The molecule has 0 amide bonds. The smallest absolute Gasteiger partial charge is 0.127 e. The van der Waals surface area contributed by atoms with Gasteiger partial charge in [-0.2, -0.15) is 0 Å². The lowest BCUT2D eigenvalue weighted by molar-refractivity contribution is 0.199. The van der Waals surface area contributed by atoms with Crippen LogP contribution in [0, 0.1) is 24.5 Å². The van der Waals surface area contributed by atoms with Crippen LogP contribution in [0.15, 0.2) is 12.1 Å². The maximum atomic E-state index is 14.0. The molecule has 1 aliphatic rings. The molecule has 2 nitrogen and oxygen atoms in total. The number of halogens is 2. The van der Waals surface area contributed by atoms with Crippen molar-refractivity contribution in [2.24, 2.45) is 5.92 Å². The second-order valence-corrected chi connectivity index (χ2v) is 5.60. The molecule has 0 bridgehead atoms. The molecule has 1 aliphatic carbocycles. The molecule has 0 radical (unpaired) electrons. The van der Waals surface area contributed by atoms with Gasteiger partial charge in [0.25, 0.3) is 0 Å². The van der Waals surface area contributed by atoms with Gasteiger partial charge in [-0.3, -0.25) is 0 Å². The largest absolute Gasteiger partial charge is 0.383 e. The topological polar surface area (TPSA) is 21.3 Å². The molecule has 2 unspecified atom stereocenters. The lowest BCUT2D eigenvalue weighted by atomic mass is 9.93. The van der Waals surface area contributed by atoms with Crippen LogP contribution in [0.1, 0.15) is 24.5 Å². The maximum absolute atomic E-state index is 14.0. The number of hydrogen-bond acceptors (Lipinski definition) is 2. The highest BCUT2D eigenvalue weighted by atomic mass is 19.1. The number of ether oxygens (including phenoxy) is 1. The third-order valence-electron chi connectivity index (χ3n) is 4.15. The highest BCUT2D eigenvalue weighted by molar-refractivity contribution is 5.36. The molecule has 0 saturated heterocycles. The van der Waals surface area contributed by atoms with Crippen molar-refractivity contribution in [2.75, 3.05) is 26.8 Å². The first-order valence-corrected chi connectivity index (χ1v) is 6.65. The van der Waals surface area contributed by atoms with Crippen molar-refractivity contribution in [2.45, 2.75) is 25.7 Å². The Hall–Kier alpha value is -1.00. The molecule has 1 saturated carbocycles. The predicted molar refractivity (Wildman–Crippen MR) is 71.3 cm³/mol. The summed E-state index contributed by atoms with van der Waals surface area (Å²) in [7, 11) is 1.66. The normalized spacial score (nSPS) is 25.6. The van der Waals surface area contributed by atoms with E-state index in [9.17, 15) is 8.78 Å². The fraction of sp³-hybridized carbons (Fsp3) is 0.600. The number of rotatable bonds is 6. The number of nitrogens with one attached hydrogen (secondary N) is 1. The van der Waals surface area contributed by atoms with E-state index in [1.165, 1.54) is 12.1 Å². The molecule has 0 aliphatic heterocycles. The molecule has 2 rings (SSSR count). The zero-order chi connectivity index (χ0) is 14.0. The number of methoxy groups -OCH3 is 1. The van der Waals surface area contributed by atoms with Gasteiger partial charge in [-0.1, -0.05) is 6.92 Å². The number of aryl methyl sites for hydroxylation is 1. The summed E-state index contributed by atoms with van der Waals surface area (Å²) in [5.74, 6) is -0.252. The quantitative estimate of drug-likeness (QED) is 0.802. The van der Waals surface area contributed by atoms with Crippen molar-refractivity contribution in [1.29, 1.82) is 0 Å². The van der Waals surface area contributed by atoms with Gasteiger partial charge in [-0.25, -0.2) is 8.78 Å². The lowest BCUT2D eigenvalue weighted by Gasteiger charge is -2.14. The van der Waals surface area contributed by atoms with Crippen molar-refractivity contribution in [3.05, 3.63) is 34.9 Å². The van der Waals surface area contributed by atoms with Crippen LogP contribution in [0.2, 0.25) is 0 Å². The minimum atomic E-state index is -0.324. The van der Waals surface area contributed by atoms with Crippen LogP contribution in [0.25, 0.3) is 0 Å². The van der Waals surface area contributed by atoms with Crippen LogP contribution in [-0.2, 0) is 10.2 Å². The van der Waals surface area contributed by atoms with Crippen molar-refractivity contribution in [3.63, 3.8) is 0 Å². The Morgan fingerprint density at radius 3 is 2.79 bits per heavy atom. The van der Waals surface area contributed by atoms with E-state index in [0.29, 0.717) is 23.7 Å². The summed E-state index contributed by atoms with van der Waals surface area (Å²) in [5.41, 5.74) is 0.632. The molecule has 0 aromatic heterocycles. The summed E-state index contributed by atoms with van der Waals surface area (Å²) < 4.78 is 32.5. The SMILES string of the molecule is COCCNCC1CC1(C)c1cc(F)c(C)cc1F. The van der Waals surface area contributed by atoms with Crippen molar-refractivity contribution in [3.8, 4) is 0 Å². The molecule has 106 valence electrons. The molecule has 0 heterocycles. The first-order chi connectivity index (χ1) is 8.99. The summed E-state index contributed by atoms with van der Waals surface area (Å²) in [4.78, 5) is 0. The van der Waals surface area contributed by atoms with Crippen molar-refractivity contribution >= 4 is 0 Å². The van der Waals surface area contributed by atoms with E-state index in [1.807, 2.05) is 6.92 Å². The second-order valence-electron chi connectivity index (χ2n) is 5.60. The van der Waals surface area contributed by atoms with Gasteiger partial charge in [-0.15, -0.1) is 0 Å². The molecule has 1 aromatic rings. The fourth-order valence-electron chi connectivity index (χ4n) is 2.61. The summed E-state index contributed by atoms with van der Waals surface area (Å²) >= 11 is 0. The average Bonchev–Trinajstić information content (AvgIpc) is 3.02. The molecule has 0 spiro atoms. The average molecular weight is 269 g/mol. The third-order valence-corrected chi connectivity index (χ3v) is 4.15. The monoisotopic (exact) mass is 269 g/mol. The minimum absolute atomic E-state index is 0.237. The Kier molecular flexibility index (Phi) is 4.21. The van der Waals surface area contributed by atoms with E-state index >= 15 is 0 Å². The Morgan fingerprint density at radius 2 is 2.11 bits per heavy atom. The van der Waals surface area contributed by atoms with Crippen LogP contribution in [0.5, 0.6) is 0 Å².